The smallest absolute Gasteiger partial charge is 0.260 e. The van der Waals surface area contributed by atoms with E-state index >= 15 is 0 Å². The van der Waals surface area contributed by atoms with Gasteiger partial charge in [0.05, 0.1) is 0 Å². The van der Waals surface area contributed by atoms with Crippen LogP contribution in [-0.2, 0) is 0 Å². The Morgan fingerprint density at radius 1 is 0.969 bits per heavy atom. The van der Waals surface area contributed by atoms with Gasteiger partial charge >= 0.3 is 0 Å². The molecule has 0 N–H and O–H groups in total. The number of benzene rings is 2. The highest BCUT2D eigenvalue weighted by Gasteiger charge is 2.25. The van der Waals surface area contributed by atoms with E-state index in [1.54, 1.807) is 0 Å². The molecule has 0 bridgehead atoms. The Bertz CT molecular complexity index is 1130. The summed E-state index contributed by atoms with van der Waals surface area (Å²) in [7, 11) is 0. The van der Waals surface area contributed by atoms with Crippen molar-refractivity contribution in [2.24, 2.45) is 5.92 Å². The van der Waals surface area contributed by atoms with Gasteiger partial charge in [-0.15, -0.1) is 0 Å². The summed E-state index contributed by atoms with van der Waals surface area (Å²) in [5.74, 6) is 1.19. The number of amides is 1. The first-order valence-electron chi connectivity index (χ1n) is 11.3. The topological polar surface area (TPSA) is 49.6 Å². The Morgan fingerprint density at radius 2 is 1.69 bits per heavy atom. The molecule has 1 aliphatic heterocycles. The molecule has 4 aromatic rings. The predicted octanol–water partition coefficient (Wildman–Crippen LogP) is 5.78. The molecule has 0 saturated carbocycles. The van der Waals surface area contributed by atoms with Crippen LogP contribution in [0.15, 0.2) is 89.6 Å². The minimum atomic E-state index is -0.0149. The lowest BCUT2D eigenvalue weighted by Crippen LogP contribution is -2.37. The van der Waals surface area contributed by atoms with Crippen LogP contribution in [-0.4, -0.2) is 30.5 Å². The molecule has 0 unspecified atom stereocenters. The van der Waals surface area contributed by atoms with Gasteiger partial charge in [-0.1, -0.05) is 36.4 Å². The van der Waals surface area contributed by atoms with Crippen molar-refractivity contribution >= 4 is 28.4 Å². The van der Waals surface area contributed by atoms with E-state index in [2.05, 4.69) is 22.0 Å². The number of piperidine rings is 1. The van der Waals surface area contributed by atoms with Gasteiger partial charge < -0.3 is 9.32 Å². The molecule has 3 heterocycles. The molecule has 5 nitrogen and oxygen atoms in total. The molecule has 5 rings (SSSR count). The SMILES string of the molecule is O=C(c1ccccc1)N(CCC1CCN(c2ccncc2)CC1)c1cc2ccccc2o1. The number of nitrogens with zero attached hydrogens (tertiary/aromatic N) is 3. The number of para-hydroxylation sites is 1. The quantitative estimate of drug-likeness (QED) is 0.393. The van der Waals surface area contributed by atoms with Crippen molar-refractivity contribution < 1.29 is 9.21 Å². The molecule has 0 spiro atoms. The van der Waals surface area contributed by atoms with Gasteiger partial charge in [0.1, 0.15) is 5.58 Å². The Hall–Kier alpha value is -3.60. The van der Waals surface area contributed by atoms with Crippen LogP contribution >= 0.6 is 0 Å². The molecule has 1 aliphatic rings. The molecule has 0 radical (unpaired) electrons. The first kappa shape index (κ1) is 20.3. The van der Waals surface area contributed by atoms with Gasteiger partial charge in [0.15, 0.2) is 0 Å². The number of rotatable bonds is 6. The number of anilines is 2. The zero-order valence-electron chi connectivity index (χ0n) is 18.1. The lowest BCUT2D eigenvalue weighted by molar-refractivity contribution is 0.0981. The molecule has 2 aromatic heterocycles. The van der Waals surface area contributed by atoms with Crippen LogP contribution in [0.4, 0.5) is 11.6 Å². The highest BCUT2D eigenvalue weighted by molar-refractivity contribution is 6.06. The molecule has 0 aliphatic carbocycles. The lowest BCUT2D eigenvalue weighted by atomic mass is 9.93. The predicted molar refractivity (Wildman–Crippen MR) is 128 cm³/mol. The number of furan rings is 1. The summed E-state index contributed by atoms with van der Waals surface area (Å²) in [5.41, 5.74) is 2.72. The summed E-state index contributed by atoms with van der Waals surface area (Å²) in [6.45, 7) is 2.71. The number of hydrogen-bond donors (Lipinski definition) is 0. The molecule has 1 fully saturated rings. The maximum atomic E-state index is 13.4. The van der Waals surface area contributed by atoms with Crippen molar-refractivity contribution in [3.63, 3.8) is 0 Å². The third-order valence-corrected chi connectivity index (χ3v) is 6.35. The fourth-order valence-corrected chi connectivity index (χ4v) is 4.50. The summed E-state index contributed by atoms with van der Waals surface area (Å²) < 4.78 is 6.08. The fraction of sp³-hybridized carbons (Fsp3) is 0.259. The van der Waals surface area contributed by atoms with Crippen molar-refractivity contribution in [2.75, 3.05) is 29.4 Å². The normalized spacial score (nSPS) is 14.6. The molecule has 0 atom stereocenters. The molecule has 1 saturated heterocycles. The minimum absolute atomic E-state index is 0.0149. The second-order valence-corrected chi connectivity index (χ2v) is 8.37. The van der Waals surface area contributed by atoms with Gasteiger partial charge in [-0.25, -0.2) is 0 Å². The largest absolute Gasteiger partial charge is 0.440 e. The first-order valence-corrected chi connectivity index (χ1v) is 11.3. The van der Waals surface area contributed by atoms with E-state index in [-0.39, 0.29) is 5.91 Å². The van der Waals surface area contributed by atoms with Crippen LogP contribution in [0, 0.1) is 5.92 Å². The van der Waals surface area contributed by atoms with Crippen molar-refractivity contribution in [1.82, 2.24) is 4.98 Å². The van der Waals surface area contributed by atoms with Crippen LogP contribution in [0.25, 0.3) is 11.0 Å². The van der Waals surface area contributed by atoms with Crippen molar-refractivity contribution in [3.8, 4) is 0 Å². The first-order chi connectivity index (χ1) is 15.8. The Balaban J connectivity index is 1.30. The molecule has 162 valence electrons. The number of aromatic nitrogens is 1. The van der Waals surface area contributed by atoms with Crippen molar-refractivity contribution in [1.29, 1.82) is 0 Å². The van der Waals surface area contributed by atoms with Crippen molar-refractivity contribution in [3.05, 3.63) is 90.8 Å². The van der Waals surface area contributed by atoms with Crippen LogP contribution in [0.3, 0.4) is 0 Å². The standard InChI is InChI=1S/C27H27N3O2/c31-27(22-6-2-1-3-7-22)30(26-20-23-8-4-5-9-25(23)32-26)19-14-21-12-17-29(18-13-21)24-10-15-28-16-11-24/h1-11,15-16,20-21H,12-14,17-19H2. The number of pyridine rings is 1. The third kappa shape index (κ3) is 4.37. The zero-order chi connectivity index (χ0) is 21.8. The number of fused-ring (bicyclic) bond motifs is 1. The van der Waals surface area contributed by atoms with Crippen LogP contribution in [0.5, 0.6) is 0 Å². The molecular formula is C27H27N3O2. The van der Waals surface area contributed by atoms with E-state index in [4.69, 9.17) is 4.42 Å². The second kappa shape index (κ2) is 9.27. The highest BCUT2D eigenvalue weighted by Crippen LogP contribution is 2.30. The average molecular weight is 426 g/mol. The minimum Gasteiger partial charge on any atom is -0.440 e. The highest BCUT2D eigenvalue weighted by atomic mass is 16.4. The molecule has 1 amide bonds. The summed E-state index contributed by atoms with van der Waals surface area (Å²) in [6.07, 6.45) is 6.90. The maximum Gasteiger partial charge on any atom is 0.260 e. The van der Waals surface area contributed by atoms with Gasteiger partial charge in [0, 0.05) is 54.7 Å². The Kier molecular flexibility index (Phi) is 5.88. The third-order valence-electron chi connectivity index (χ3n) is 6.35. The Labute approximate surface area is 188 Å². The fourth-order valence-electron chi connectivity index (χ4n) is 4.50. The summed E-state index contributed by atoms with van der Waals surface area (Å²) in [5, 5.41) is 1.01. The number of carbonyl (C=O) groups excluding carboxylic acids is 1. The van der Waals surface area contributed by atoms with Gasteiger partial charge in [-0.3, -0.25) is 14.7 Å². The summed E-state index contributed by atoms with van der Waals surface area (Å²) >= 11 is 0. The van der Waals surface area contributed by atoms with Gasteiger partial charge in [-0.05, 0) is 55.5 Å². The number of hydrogen-bond acceptors (Lipinski definition) is 4. The second-order valence-electron chi connectivity index (χ2n) is 8.37. The molecular weight excluding hydrogens is 398 g/mol. The summed E-state index contributed by atoms with van der Waals surface area (Å²) in [6, 6.07) is 23.5. The lowest BCUT2D eigenvalue weighted by Gasteiger charge is -2.34. The van der Waals surface area contributed by atoms with Crippen LogP contribution in [0.2, 0.25) is 0 Å². The van der Waals surface area contributed by atoms with E-state index in [0.717, 1.165) is 43.3 Å². The van der Waals surface area contributed by atoms with Gasteiger partial charge in [0.25, 0.3) is 5.91 Å². The zero-order valence-corrected chi connectivity index (χ0v) is 18.1. The molecule has 32 heavy (non-hydrogen) atoms. The van der Waals surface area contributed by atoms with Crippen LogP contribution in [0.1, 0.15) is 29.6 Å². The summed E-state index contributed by atoms with van der Waals surface area (Å²) in [4.78, 5) is 21.7. The van der Waals surface area contributed by atoms with Gasteiger partial charge in [-0.2, -0.15) is 0 Å². The van der Waals surface area contributed by atoms with Gasteiger partial charge in [0.2, 0.25) is 5.88 Å². The van der Waals surface area contributed by atoms with E-state index < -0.39 is 0 Å². The van der Waals surface area contributed by atoms with E-state index in [1.165, 1.54) is 5.69 Å². The Morgan fingerprint density at radius 3 is 2.44 bits per heavy atom. The van der Waals surface area contributed by atoms with E-state index in [0.29, 0.717) is 23.9 Å². The average Bonchev–Trinajstić information content (AvgIpc) is 3.29. The maximum absolute atomic E-state index is 13.4. The monoisotopic (exact) mass is 425 g/mol. The van der Waals surface area contributed by atoms with Crippen LogP contribution < -0.4 is 9.80 Å². The molecule has 2 aromatic carbocycles. The van der Waals surface area contributed by atoms with E-state index in [1.807, 2.05) is 78.0 Å². The molecule has 5 heteroatoms. The number of carbonyl (C=O) groups is 1. The van der Waals surface area contributed by atoms with Crippen molar-refractivity contribution in [2.45, 2.75) is 19.3 Å². The van der Waals surface area contributed by atoms with E-state index in [9.17, 15) is 4.79 Å².